The van der Waals surface area contributed by atoms with Crippen LogP contribution in [0.25, 0.3) is 21.7 Å². The number of hydrazine groups is 1. The topological polar surface area (TPSA) is 72.9 Å². The molecule has 0 atom stereocenters. The lowest BCUT2D eigenvalue weighted by atomic mass is 10.1. The molecule has 2 aromatic carbocycles. The molecule has 0 aliphatic rings. The van der Waals surface area contributed by atoms with Crippen LogP contribution < -0.4 is 16.8 Å². The van der Waals surface area contributed by atoms with Gasteiger partial charge in [-0.3, -0.25) is 14.8 Å². The zero-order valence-electron chi connectivity index (χ0n) is 10.8. The van der Waals surface area contributed by atoms with Crippen LogP contribution >= 0.6 is 0 Å². The summed E-state index contributed by atoms with van der Waals surface area (Å²) in [6.45, 7) is 4.00. The summed E-state index contributed by atoms with van der Waals surface area (Å²) >= 11 is 0. The van der Waals surface area contributed by atoms with Gasteiger partial charge in [0.1, 0.15) is 0 Å². The standard InChI is InChI=1S/C15H14N4O/c1-2-7-19-14(20)12-8-10-5-3-4-6-11(10)9-13(12)17-15(19)18-16/h2-6,8-9H,1,7,16H2,(H,17,18). The van der Waals surface area contributed by atoms with Crippen LogP contribution in [0.5, 0.6) is 0 Å². The number of fused-ring (bicyclic) bond motifs is 2. The fourth-order valence-electron chi connectivity index (χ4n) is 2.32. The van der Waals surface area contributed by atoms with E-state index in [2.05, 4.69) is 17.0 Å². The number of anilines is 1. The summed E-state index contributed by atoms with van der Waals surface area (Å²) in [6.07, 6.45) is 1.64. The number of hydrogen-bond acceptors (Lipinski definition) is 4. The molecule has 1 heterocycles. The fraction of sp³-hybridized carbons (Fsp3) is 0.0667. The molecule has 0 amide bonds. The smallest absolute Gasteiger partial charge is 0.263 e. The number of nitrogen functional groups attached to an aromatic ring is 1. The Balaban J connectivity index is 2.43. The maximum atomic E-state index is 12.5. The minimum absolute atomic E-state index is 0.131. The SMILES string of the molecule is C=CCn1c(NN)nc2cc3ccccc3cc2c1=O. The van der Waals surface area contributed by atoms with Gasteiger partial charge in [0.2, 0.25) is 5.95 Å². The number of allylic oxidation sites excluding steroid dienone is 1. The van der Waals surface area contributed by atoms with Crippen molar-refractivity contribution in [3.05, 3.63) is 59.4 Å². The van der Waals surface area contributed by atoms with Gasteiger partial charge in [-0.2, -0.15) is 0 Å². The Hall–Kier alpha value is -2.66. The average molecular weight is 266 g/mol. The summed E-state index contributed by atoms with van der Waals surface area (Å²) in [4.78, 5) is 16.9. The quantitative estimate of drug-likeness (QED) is 0.329. The third-order valence-corrected chi connectivity index (χ3v) is 3.26. The molecule has 0 unspecified atom stereocenters. The van der Waals surface area contributed by atoms with Crippen molar-refractivity contribution in [3.63, 3.8) is 0 Å². The largest absolute Gasteiger partial charge is 0.294 e. The van der Waals surface area contributed by atoms with Crippen molar-refractivity contribution >= 4 is 27.6 Å². The molecule has 100 valence electrons. The van der Waals surface area contributed by atoms with Crippen molar-refractivity contribution in [3.8, 4) is 0 Å². The van der Waals surface area contributed by atoms with Crippen LogP contribution in [0.4, 0.5) is 5.95 Å². The Labute approximate surface area is 115 Å². The van der Waals surface area contributed by atoms with E-state index in [1.165, 1.54) is 4.57 Å². The van der Waals surface area contributed by atoms with E-state index in [1.807, 2.05) is 36.4 Å². The summed E-state index contributed by atoms with van der Waals surface area (Å²) in [6, 6.07) is 11.6. The Kier molecular flexibility index (Phi) is 2.96. The molecule has 0 bridgehead atoms. The lowest BCUT2D eigenvalue weighted by Crippen LogP contribution is -2.26. The molecule has 0 aliphatic carbocycles. The van der Waals surface area contributed by atoms with Crippen LogP contribution in [-0.2, 0) is 6.54 Å². The van der Waals surface area contributed by atoms with E-state index in [4.69, 9.17) is 5.84 Å². The van der Waals surface area contributed by atoms with E-state index in [0.29, 0.717) is 23.4 Å². The molecular formula is C15H14N4O. The molecule has 20 heavy (non-hydrogen) atoms. The second kappa shape index (κ2) is 4.79. The van der Waals surface area contributed by atoms with E-state index in [1.54, 1.807) is 6.08 Å². The maximum Gasteiger partial charge on any atom is 0.263 e. The number of benzene rings is 2. The van der Waals surface area contributed by atoms with Crippen LogP contribution in [0.15, 0.2) is 53.8 Å². The van der Waals surface area contributed by atoms with Crippen LogP contribution in [0.2, 0.25) is 0 Å². The number of hydrogen-bond donors (Lipinski definition) is 2. The van der Waals surface area contributed by atoms with Gasteiger partial charge in [-0.1, -0.05) is 30.3 Å². The number of nitrogens with two attached hydrogens (primary N) is 1. The highest BCUT2D eigenvalue weighted by atomic mass is 16.1. The van der Waals surface area contributed by atoms with Crippen molar-refractivity contribution in [1.82, 2.24) is 9.55 Å². The first kappa shape index (κ1) is 12.4. The molecule has 5 heteroatoms. The van der Waals surface area contributed by atoms with Gasteiger partial charge < -0.3 is 0 Å². The van der Waals surface area contributed by atoms with Crippen molar-refractivity contribution in [1.29, 1.82) is 0 Å². The number of rotatable bonds is 3. The highest BCUT2D eigenvalue weighted by Gasteiger charge is 2.10. The Morgan fingerprint density at radius 3 is 2.65 bits per heavy atom. The van der Waals surface area contributed by atoms with Crippen LogP contribution in [0.1, 0.15) is 0 Å². The van der Waals surface area contributed by atoms with Crippen LogP contribution in [0, 0.1) is 0 Å². The Morgan fingerprint density at radius 2 is 2.00 bits per heavy atom. The number of aromatic nitrogens is 2. The Bertz CT molecular complexity index is 867. The molecule has 0 radical (unpaired) electrons. The maximum absolute atomic E-state index is 12.5. The normalized spacial score (nSPS) is 10.8. The molecule has 0 saturated carbocycles. The van der Waals surface area contributed by atoms with Gasteiger partial charge >= 0.3 is 0 Å². The van der Waals surface area contributed by atoms with E-state index >= 15 is 0 Å². The van der Waals surface area contributed by atoms with Gasteiger partial charge in [-0.15, -0.1) is 6.58 Å². The fourth-order valence-corrected chi connectivity index (χ4v) is 2.32. The number of nitrogens with one attached hydrogen (secondary N) is 1. The molecule has 0 saturated heterocycles. The van der Waals surface area contributed by atoms with E-state index in [0.717, 1.165) is 10.8 Å². The zero-order chi connectivity index (χ0) is 14.1. The first-order valence-corrected chi connectivity index (χ1v) is 6.25. The first-order chi connectivity index (χ1) is 9.74. The third-order valence-electron chi connectivity index (χ3n) is 3.26. The number of nitrogens with zero attached hydrogens (tertiary/aromatic N) is 2. The second-order valence-electron chi connectivity index (χ2n) is 4.50. The van der Waals surface area contributed by atoms with Crippen molar-refractivity contribution in [2.75, 3.05) is 5.43 Å². The van der Waals surface area contributed by atoms with Gasteiger partial charge in [0.15, 0.2) is 0 Å². The average Bonchev–Trinajstić information content (AvgIpc) is 2.48. The predicted octanol–water partition coefficient (Wildman–Crippen LogP) is 2.02. The van der Waals surface area contributed by atoms with Gasteiger partial charge in [0.25, 0.3) is 5.56 Å². The minimum atomic E-state index is -0.131. The van der Waals surface area contributed by atoms with E-state index in [-0.39, 0.29) is 5.56 Å². The lowest BCUT2D eigenvalue weighted by molar-refractivity contribution is 0.774. The third kappa shape index (κ3) is 1.85. The highest BCUT2D eigenvalue weighted by Crippen LogP contribution is 2.20. The molecular weight excluding hydrogens is 252 g/mol. The van der Waals surface area contributed by atoms with Gasteiger partial charge in [-0.25, -0.2) is 10.8 Å². The molecule has 0 fully saturated rings. The lowest BCUT2D eigenvalue weighted by Gasteiger charge is -2.11. The predicted molar refractivity (Wildman–Crippen MR) is 81.5 cm³/mol. The van der Waals surface area contributed by atoms with Gasteiger partial charge in [0, 0.05) is 6.54 Å². The molecule has 3 rings (SSSR count). The highest BCUT2D eigenvalue weighted by molar-refractivity contribution is 5.96. The summed E-state index contributed by atoms with van der Waals surface area (Å²) < 4.78 is 1.46. The van der Waals surface area contributed by atoms with E-state index in [9.17, 15) is 4.79 Å². The van der Waals surface area contributed by atoms with E-state index < -0.39 is 0 Å². The molecule has 3 aromatic rings. The van der Waals surface area contributed by atoms with Crippen molar-refractivity contribution in [2.45, 2.75) is 6.54 Å². The molecule has 0 aliphatic heterocycles. The zero-order valence-corrected chi connectivity index (χ0v) is 10.8. The Morgan fingerprint density at radius 1 is 1.30 bits per heavy atom. The van der Waals surface area contributed by atoms with Gasteiger partial charge in [-0.05, 0) is 22.9 Å². The molecule has 5 nitrogen and oxygen atoms in total. The van der Waals surface area contributed by atoms with Crippen molar-refractivity contribution in [2.24, 2.45) is 5.84 Å². The summed E-state index contributed by atoms with van der Waals surface area (Å²) in [5, 5.41) is 2.62. The first-order valence-electron chi connectivity index (χ1n) is 6.25. The minimum Gasteiger partial charge on any atom is -0.294 e. The molecule has 3 N–H and O–H groups in total. The summed E-state index contributed by atoms with van der Waals surface area (Å²) in [5.41, 5.74) is 2.96. The monoisotopic (exact) mass is 266 g/mol. The van der Waals surface area contributed by atoms with Crippen LogP contribution in [0.3, 0.4) is 0 Å². The molecule has 0 spiro atoms. The summed E-state index contributed by atoms with van der Waals surface area (Å²) in [7, 11) is 0. The van der Waals surface area contributed by atoms with Gasteiger partial charge in [0.05, 0.1) is 10.9 Å². The van der Waals surface area contributed by atoms with Crippen molar-refractivity contribution < 1.29 is 0 Å². The second-order valence-corrected chi connectivity index (χ2v) is 4.50. The van der Waals surface area contributed by atoms with Crippen LogP contribution in [-0.4, -0.2) is 9.55 Å². The molecule has 1 aromatic heterocycles. The summed E-state index contributed by atoms with van der Waals surface area (Å²) in [5.74, 6) is 5.78.